The number of aryl methyl sites for hydroxylation is 1. The average molecular weight is 218 g/mol. The van der Waals surface area contributed by atoms with Crippen LogP contribution in [0.25, 0.3) is 0 Å². The SMILES string of the molecule is Cc1ccc([C@]2(O)C[NH+]3CCC2CC3)cc1. The molecule has 0 aromatic heterocycles. The highest BCUT2D eigenvalue weighted by molar-refractivity contribution is 5.28. The topological polar surface area (TPSA) is 24.7 Å². The molecule has 0 radical (unpaired) electrons. The predicted molar refractivity (Wildman–Crippen MR) is 63.4 cm³/mol. The molecule has 1 atom stereocenters. The predicted octanol–water partition coefficient (Wildman–Crippen LogP) is 0.491. The molecule has 1 aromatic rings. The number of hydrogen-bond acceptors (Lipinski definition) is 1. The van der Waals surface area contributed by atoms with Crippen molar-refractivity contribution in [2.45, 2.75) is 25.4 Å². The first-order chi connectivity index (χ1) is 7.68. The zero-order valence-corrected chi connectivity index (χ0v) is 9.87. The smallest absolute Gasteiger partial charge is 0.141 e. The number of piperidine rings is 3. The molecule has 0 aliphatic carbocycles. The standard InChI is InChI=1S/C14H19NO/c1-11-2-4-12(5-3-11)14(16)10-15-8-6-13(14)7-9-15/h2-5,13,16H,6-10H2,1H3/p+1/t14-/m1/s1. The van der Waals surface area contributed by atoms with Crippen LogP contribution in [0, 0.1) is 12.8 Å². The van der Waals surface area contributed by atoms with Crippen LogP contribution in [-0.4, -0.2) is 24.7 Å². The van der Waals surface area contributed by atoms with E-state index in [2.05, 4.69) is 31.2 Å². The van der Waals surface area contributed by atoms with Gasteiger partial charge in [-0.3, -0.25) is 0 Å². The van der Waals surface area contributed by atoms with Gasteiger partial charge in [-0.25, -0.2) is 0 Å². The van der Waals surface area contributed by atoms with Crippen molar-refractivity contribution in [3.8, 4) is 0 Å². The summed E-state index contributed by atoms with van der Waals surface area (Å²) in [6.45, 7) is 5.49. The Morgan fingerprint density at radius 1 is 1.19 bits per heavy atom. The van der Waals surface area contributed by atoms with E-state index in [4.69, 9.17) is 0 Å². The minimum Gasteiger partial charge on any atom is -0.379 e. The van der Waals surface area contributed by atoms with Crippen molar-refractivity contribution in [3.63, 3.8) is 0 Å². The first-order valence-electron chi connectivity index (χ1n) is 6.31. The molecule has 0 unspecified atom stereocenters. The monoisotopic (exact) mass is 218 g/mol. The molecule has 0 spiro atoms. The van der Waals surface area contributed by atoms with E-state index < -0.39 is 5.60 Å². The molecule has 3 fully saturated rings. The van der Waals surface area contributed by atoms with Crippen LogP contribution in [0.15, 0.2) is 24.3 Å². The molecule has 16 heavy (non-hydrogen) atoms. The summed E-state index contributed by atoms with van der Waals surface area (Å²) in [5.74, 6) is 0.479. The first kappa shape index (κ1) is 10.3. The van der Waals surface area contributed by atoms with E-state index in [1.165, 1.54) is 31.5 Å². The lowest BCUT2D eigenvalue weighted by Crippen LogP contribution is -3.17. The fraction of sp³-hybridized carbons (Fsp3) is 0.571. The van der Waals surface area contributed by atoms with E-state index in [0.717, 1.165) is 12.1 Å². The summed E-state index contributed by atoms with van der Waals surface area (Å²) in [6, 6.07) is 8.44. The fourth-order valence-electron chi connectivity index (χ4n) is 3.39. The van der Waals surface area contributed by atoms with Crippen LogP contribution in [0.1, 0.15) is 24.0 Å². The summed E-state index contributed by atoms with van der Waals surface area (Å²) in [5.41, 5.74) is 1.83. The van der Waals surface area contributed by atoms with E-state index in [1.54, 1.807) is 4.90 Å². The second-order valence-corrected chi connectivity index (χ2v) is 5.49. The Hall–Kier alpha value is -0.860. The third kappa shape index (κ3) is 1.48. The van der Waals surface area contributed by atoms with Crippen LogP contribution in [0.5, 0.6) is 0 Å². The van der Waals surface area contributed by atoms with Crippen LogP contribution in [0.2, 0.25) is 0 Å². The quantitative estimate of drug-likeness (QED) is 0.704. The fourth-order valence-corrected chi connectivity index (χ4v) is 3.39. The molecule has 0 amide bonds. The van der Waals surface area contributed by atoms with Gasteiger partial charge in [0.1, 0.15) is 12.1 Å². The van der Waals surface area contributed by atoms with Crippen molar-refractivity contribution < 1.29 is 10.0 Å². The summed E-state index contributed by atoms with van der Waals surface area (Å²) < 4.78 is 0. The van der Waals surface area contributed by atoms with Crippen LogP contribution in [0.3, 0.4) is 0 Å². The maximum Gasteiger partial charge on any atom is 0.141 e. The van der Waals surface area contributed by atoms with E-state index in [9.17, 15) is 5.11 Å². The molecule has 86 valence electrons. The molecule has 2 bridgehead atoms. The number of nitrogens with one attached hydrogen (secondary N) is 1. The van der Waals surface area contributed by atoms with Gasteiger partial charge in [-0.05, 0) is 12.5 Å². The van der Waals surface area contributed by atoms with Crippen molar-refractivity contribution in [3.05, 3.63) is 35.4 Å². The van der Waals surface area contributed by atoms with E-state index in [-0.39, 0.29) is 0 Å². The minimum atomic E-state index is -0.556. The Labute approximate surface area is 96.9 Å². The molecular formula is C14H20NO+. The summed E-state index contributed by atoms with van der Waals surface area (Å²) in [6.07, 6.45) is 2.36. The number of quaternary nitrogens is 1. The Kier molecular flexibility index (Phi) is 2.30. The summed E-state index contributed by atoms with van der Waals surface area (Å²) in [4.78, 5) is 1.57. The molecule has 1 aromatic carbocycles. The van der Waals surface area contributed by atoms with Crippen molar-refractivity contribution in [1.82, 2.24) is 0 Å². The zero-order valence-electron chi connectivity index (χ0n) is 9.87. The van der Waals surface area contributed by atoms with Gasteiger partial charge >= 0.3 is 0 Å². The van der Waals surface area contributed by atoms with Crippen LogP contribution >= 0.6 is 0 Å². The van der Waals surface area contributed by atoms with Crippen LogP contribution in [-0.2, 0) is 5.60 Å². The van der Waals surface area contributed by atoms with Gasteiger partial charge in [-0.15, -0.1) is 0 Å². The molecule has 0 saturated carbocycles. The van der Waals surface area contributed by atoms with Crippen molar-refractivity contribution in [2.75, 3.05) is 19.6 Å². The molecule has 3 aliphatic rings. The number of aliphatic hydroxyl groups is 1. The van der Waals surface area contributed by atoms with Crippen LogP contribution < -0.4 is 4.90 Å². The van der Waals surface area contributed by atoms with Gasteiger partial charge in [0.05, 0.1) is 13.1 Å². The van der Waals surface area contributed by atoms with E-state index in [0.29, 0.717) is 5.92 Å². The number of benzene rings is 1. The second kappa shape index (κ2) is 3.57. The number of hydrogen-bond donors (Lipinski definition) is 2. The third-order valence-corrected chi connectivity index (χ3v) is 4.44. The molecule has 2 N–H and O–H groups in total. The molecular weight excluding hydrogens is 198 g/mol. The summed E-state index contributed by atoms with van der Waals surface area (Å²) in [7, 11) is 0. The number of fused-ring (bicyclic) bond motifs is 3. The average Bonchev–Trinajstić information content (AvgIpc) is 2.31. The Morgan fingerprint density at radius 3 is 2.31 bits per heavy atom. The summed E-state index contributed by atoms with van der Waals surface area (Å²) in [5, 5.41) is 10.9. The van der Waals surface area contributed by atoms with Gasteiger partial charge in [0.2, 0.25) is 0 Å². The highest BCUT2D eigenvalue weighted by Crippen LogP contribution is 2.36. The van der Waals surface area contributed by atoms with Crippen molar-refractivity contribution >= 4 is 0 Å². The second-order valence-electron chi connectivity index (χ2n) is 5.49. The van der Waals surface area contributed by atoms with Gasteiger partial charge < -0.3 is 10.0 Å². The molecule has 2 heteroatoms. The maximum absolute atomic E-state index is 10.9. The largest absolute Gasteiger partial charge is 0.379 e. The van der Waals surface area contributed by atoms with E-state index >= 15 is 0 Å². The van der Waals surface area contributed by atoms with Crippen LogP contribution in [0.4, 0.5) is 0 Å². The molecule has 4 rings (SSSR count). The highest BCUT2D eigenvalue weighted by atomic mass is 16.3. The van der Waals surface area contributed by atoms with Crippen molar-refractivity contribution in [1.29, 1.82) is 0 Å². The Bertz CT molecular complexity index is 378. The molecule has 3 heterocycles. The maximum atomic E-state index is 10.9. The molecule has 2 nitrogen and oxygen atoms in total. The Balaban J connectivity index is 1.95. The third-order valence-electron chi connectivity index (χ3n) is 4.44. The molecule has 3 aliphatic heterocycles. The number of rotatable bonds is 1. The minimum absolute atomic E-state index is 0.479. The normalized spacial score (nSPS) is 37.6. The van der Waals surface area contributed by atoms with Gasteiger partial charge in [-0.1, -0.05) is 29.8 Å². The van der Waals surface area contributed by atoms with Gasteiger partial charge in [0.15, 0.2) is 0 Å². The Morgan fingerprint density at radius 2 is 1.81 bits per heavy atom. The van der Waals surface area contributed by atoms with E-state index in [1.807, 2.05) is 0 Å². The van der Waals surface area contributed by atoms with Crippen molar-refractivity contribution in [2.24, 2.45) is 5.92 Å². The first-order valence-corrected chi connectivity index (χ1v) is 6.31. The zero-order chi connectivity index (χ0) is 11.2. The van der Waals surface area contributed by atoms with Gasteiger partial charge in [0.25, 0.3) is 0 Å². The van der Waals surface area contributed by atoms with Gasteiger partial charge in [0, 0.05) is 18.8 Å². The molecule has 3 saturated heterocycles. The lowest BCUT2D eigenvalue weighted by atomic mass is 9.71. The summed E-state index contributed by atoms with van der Waals surface area (Å²) >= 11 is 0. The van der Waals surface area contributed by atoms with Gasteiger partial charge in [-0.2, -0.15) is 0 Å². The highest BCUT2D eigenvalue weighted by Gasteiger charge is 2.49. The lowest BCUT2D eigenvalue weighted by molar-refractivity contribution is -0.927. The lowest BCUT2D eigenvalue weighted by Gasteiger charge is -2.47.